The van der Waals surface area contributed by atoms with E-state index < -0.39 is 59.9 Å². The molecule has 0 spiro atoms. The van der Waals surface area contributed by atoms with Crippen molar-refractivity contribution in [2.24, 2.45) is 11.5 Å². The standard InChI is InChI=1S/C21H31N5O8S/c1-10(27)17(20(32)25-15(9-35)21(33)34)26-19(31)14(6-7-16(23)29)24-18(30)13(22)8-11-2-4-12(28)5-3-11/h2-5,10,13-15,17,27-28,35H,6-9,22H2,1H3,(H2,23,29)(H,24,30)(H,25,32)(H,26,31)(H,33,34). The molecule has 0 heterocycles. The number of thiol groups is 1. The third-order valence-electron chi connectivity index (χ3n) is 4.90. The Labute approximate surface area is 207 Å². The van der Waals surface area contributed by atoms with Crippen molar-refractivity contribution in [1.82, 2.24) is 16.0 Å². The molecule has 35 heavy (non-hydrogen) atoms. The van der Waals surface area contributed by atoms with Gasteiger partial charge < -0.3 is 42.7 Å². The molecule has 13 nitrogen and oxygen atoms in total. The van der Waals surface area contributed by atoms with Crippen molar-refractivity contribution < 1.29 is 39.3 Å². The minimum atomic E-state index is -1.57. The Balaban J connectivity index is 2.94. The maximum absolute atomic E-state index is 12.8. The second-order valence-corrected chi connectivity index (χ2v) is 8.22. The summed E-state index contributed by atoms with van der Waals surface area (Å²) >= 11 is 3.84. The number of rotatable bonds is 14. The average molecular weight is 514 g/mol. The van der Waals surface area contributed by atoms with Gasteiger partial charge in [0, 0.05) is 12.2 Å². The SMILES string of the molecule is CC(O)C(NC(=O)C(CCC(N)=O)NC(=O)C(N)Cc1ccc(O)cc1)C(=O)NC(CS)C(=O)O. The molecular formula is C21H31N5O8S. The Morgan fingerprint density at radius 2 is 1.54 bits per heavy atom. The van der Waals surface area contributed by atoms with E-state index in [1.807, 2.05) is 0 Å². The summed E-state index contributed by atoms with van der Waals surface area (Å²) in [6.07, 6.45) is -1.85. The Morgan fingerprint density at radius 1 is 0.971 bits per heavy atom. The van der Waals surface area contributed by atoms with E-state index in [0.717, 1.165) is 0 Å². The van der Waals surface area contributed by atoms with E-state index in [4.69, 9.17) is 16.6 Å². The van der Waals surface area contributed by atoms with Crippen molar-refractivity contribution in [3.8, 4) is 5.75 Å². The number of nitrogens with two attached hydrogens (primary N) is 2. The molecule has 0 radical (unpaired) electrons. The van der Waals surface area contributed by atoms with Crippen molar-refractivity contribution in [2.45, 2.75) is 56.5 Å². The summed E-state index contributed by atoms with van der Waals surface area (Å²) in [4.78, 5) is 60.3. The van der Waals surface area contributed by atoms with Crippen LogP contribution in [-0.2, 0) is 30.4 Å². The lowest BCUT2D eigenvalue weighted by atomic mass is 10.0. The van der Waals surface area contributed by atoms with Crippen LogP contribution in [0.2, 0.25) is 0 Å². The Hall–Kier alpha value is -3.36. The number of carbonyl (C=O) groups excluding carboxylic acids is 4. The van der Waals surface area contributed by atoms with Crippen molar-refractivity contribution in [3.63, 3.8) is 0 Å². The molecule has 0 saturated heterocycles. The minimum Gasteiger partial charge on any atom is -0.508 e. The summed E-state index contributed by atoms with van der Waals surface area (Å²) in [6.45, 7) is 1.20. The van der Waals surface area contributed by atoms with Gasteiger partial charge in [-0.1, -0.05) is 12.1 Å². The number of carboxylic acids is 1. The van der Waals surface area contributed by atoms with E-state index in [1.54, 1.807) is 12.1 Å². The monoisotopic (exact) mass is 513 g/mol. The quantitative estimate of drug-likeness (QED) is 0.118. The minimum absolute atomic E-state index is 0.0377. The van der Waals surface area contributed by atoms with Crippen molar-refractivity contribution in [2.75, 3.05) is 5.75 Å². The molecule has 10 N–H and O–H groups in total. The third kappa shape index (κ3) is 10.2. The van der Waals surface area contributed by atoms with Gasteiger partial charge in [-0.25, -0.2) is 4.79 Å². The normalized spacial score (nSPS) is 15.1. The molecule has 0 aliphatic carbocycles. The predicted molar refractivity (Wildman–Crippen MR) is 127 cm³/mol. The zero-order valence-corrected chi connectivity index (χ0v) is 19.9. The number of primary amides is 1. The van der Waals surface area contributed by atoms with E-state index >= 15 is 0 Å². The van der Waals surface area contributed by atoms with Gasteiger partial charge in [-0.15, -0.1) is 0 Å². The molecule has 1 aromatic rings. The Kier molecular flexibility index (Phi) is 12.0. The largest absolute Gasteiger partial charge is 0.508 e. The number of benzene rings is 1. The summed E-state index contributed by atoms with van der Waals surface area (Å²) in [7, 11) is 0. The molecule has 5 unspecified atom stereocenters. The first kappa shape index (κ1) is 29.7. The molecule has 5 atom stereocenters. The van der Waals surface area contributed by atoms with Crippen LogP contribution >= 0.6 is 12.6 Å². The number of hydrogen-bond acceptors (Lipinski definition) is 9. The molecular weight excluding hydrogens is 482 g/mol. The maximum Gasteiger partial charge on any atom is 0.327 e. The second-order valence-electron chi connectivity index (χ2n) is 7.85. The van der Waals surface area contributed by atoms with Crippen LogP contribution in [-0.4, -0.2) is 80.9 Å². The number of aliphatic carboxylic acids is 1. The predicted octanol–water partition coefficient (Wildman–Crippen LogP) is -2.62. The van der Waals surface area contributed by atoms with Crippen molar-refractivity contribution >= 4 is 42.2 Å². The summed E-state index contributed by atoms with van der Waals surface area (Å²) in [5.74, 6) is -4.95. The van der Waals surface area contributed by atoms with E-state index in [-0.39, 0.29) is 30.8 Å². The van der Waals surface area contributed by atoms with Crippen LogP contribution in [0.5, 0.6) is 5.75 Å². The van der Waals surface area contributed by atoms with E-state index in [2.05, 4.69) is 28.6 Å². The lowest BCUT2D eigenvalue weighted by Crippen LogP contribution is -2.60. The summed E-state index contributed by atoms with van der Waals surface area (Å²) in [6, 6.07) is 0.623. The number of phenolic OH excluding ortho intramolecular Hbond substituents is 1. The number of carboxylic acid groups (broad SMARTS) is 1. The Morgan fingerprint density at radius 3 is 2.03 bits per heavy atom. The summed E-state index contributed by atoms with van der Waals surface area (Å²) in [5, 5.41) is 35.2. The second kappa shape index (κ2) is 14.1. The topological polar surface area (TPSA) is 234 Å². The molecule has 0 fully saturated rings. The van der Waals surface area contributed by atoms with Gasteiger partial charge in [-0.05, 0) is 37.5 Å². The van der Waals surface area contributed by atoms with Gasteiger partial charge in [0.1, 0.15) is 23.9 Å². The number of nitrogens with one attached hydrogen (secondary N) is 3. The summed E-state index contributed by atoms with van der Waals surface area (Å²) < 4.78 is 0. The Bertz CT molecular complexity index is 911. The third-order valence-corrected chi connectivity index (χ3v) is 5.27. The molecule has 0 aromatic heterocycles. The highest BCUT2D eigenvalue weighted by Crippen LogP contribution is 2.11. The fraction of sp³-hybridized carbons (Fsp3) is 0.476. The molecule has 0 aliphatic rings. The molecule has 1 aromatic carbocycles. The number of aliphatic hydroxyl groups is 1. The molecule has 194 valence electrons. The van der Waals surface area contributed by atoms with Crippen LogP contribution < -0.4 is 27.4 Å². The van der Waals surface area contributed by atoms with E-state index in [0.29, 0.717) is 5.56 Å². The number of amides is 4. The number of hydrogen-bond donors (Lipinski definition) is 9. The highest BCUT2D eigenvalue weighted by molar-refractivity contribution is 7.80. The number of phenols is 1. The number of aliphatic hydroxyl groups excluding tert-OH is 1. The smallest absolute Gasteiger partial charge is 0.327 e. The molecule has 1 rings (SSSR count). The fourth-order valence-corrected chi connectivity index (χ4v) is 3.17. The van der Waals surface area contributed by atoms with Crippen LogP contribution in [0.25, 0.3) is 0 Å². The molecule has 0 saturated carbocycles. The van der Waals surface area contributed by atoms with Gasteiger partial charge in [-0.2, -0.15) is 12.6 Å². The van der Waals surface area contributed by atoms with Crippen LogP contribution in [0.3, 0.4) is 0 Å². The van der Waals surface area contributed by atoms with Crippen molar-refractivity contribution in [3.05, 3.63) is 29.8 Å². The zero-order valence-electron chi connectivity index (χ0n) is 19.0. The molecule has 0 bridgehead atoms. The van der Waals surface area contributed by atoms with Gasteiger partial charge in [0.2, 0.25) is 23.6 Å². The highest BCUT2D eigenvalue weighted by atomic mass is 32.1. The first-order valence-electron chi connectivity index (χ1n) is 10.6. The maximum atomic E-state index is 12.8. The molecule has 14 heteroatoms. The van der Waals surface area contributed by atoms with Gasteiger partial charge in [0.15, 0.2) is 0 Å². The first-order chi connectivity index (χ1) is 16.3. The zero-order chi connectivity index (χ0) is 26.7. The first-order valence-corrected chi connectivity index (χ1v) is 11.2. The highest BCUT2D eigenvalue weighted by Gasteiger charge is 2.32. The lowest BCUT2D eigenvalue weighted by Gasteiger charge is -2.26. The number of aromatic hydroxyl groups is 1. The summed E-state index contributed by atoms with van der Waals surface area (Å²) in [5.41, 5.74) is 11.7. The van der Waals surface area contributed by atoms with Crippen LogP contribution in [0.1, 0.15) is 25.3 Å². The van der Waals surface area contributed by atoms with Gasteiger partial charge in [0.05, 0.1) is 12.1 Å². The van der Waals surface area contributed by atoms with E-state index in [1.165, 1.54) is 19.1 Å². The van der Waals surface area contributed by atoms with Crippen LogP contribution in [0.15, 0.2) is 24.3 Å². The van der Waals surface area contributed by atoms with Gasteiger partial charge >= 0.3 is 5.97 Å². The molecule has 4 amide bonds. The number of carbonyl (C=O) groups is 5. The van der Waals surface area contributed by atoms with Crippen LogP contribution in [0.4, 0.5) is 0 Å². The van der Waals surface area contributed by atoms with Crippen LogP contribution in [0, 0.1) is 0 Å². The van der Waals surface area contributed by atoms with E-state index in [9.17, 15) is 34.2 Å². The van der Waals surface area contributed by atoms with Gasteiger partial charge in [-0.3, -0.25) is 19.2 Å². The van der Waals surface area contributed by atoms with Crippen molar-refractivity contribution in [1.29, 1.82) is 0 Å². The molecule has 0 aliphatic heterocycles. The fourth-order valence-electron chi connectivity index (χ4n) is 2.92. The lowest BCUT2D eigenvalue weighted by molar-refractivity contribution is -0.142. The average Bonchev–Trinajstić information content (AvgIpc) is 2.78. The van der Waals surface area contributed by atoms with Gasteiger partial charge in [0.25, 0.3) is 0 Å².